The van der Waals surface area contributed by atoms with E-state index < -0.39 is 0 Å². The van der Waals surface area contributed by atoms with Crippen molar-refractivity contribution in [2.75, 3.05) is 11.9 Å². The molecule has 1 saturated carbocycles. The van der Waals surface area contributed by atoms with E-state index in [0.29, 0.717) is 6.10 Å². The van der Waals surface area contributed by atoms with Crippen LogP contribution in [-0.2, 0) is 4.74 Å². The van der Waals surface area contributed by atoms with E-state index >= 15 is 0 Å². The van der Waals surface area contributed by atoms with Gasteiger partial charge < -0.3 is 10.1 Å². The average Bonchev–Trinajstić information content (AvgIpc) is 2.85. The molecule has 3 rings (SSSR count). The number of hydrogen-bond donors (Lipinski definition) is 1. The number of benzene rings is 1. The zero-order valence-electron chi connectivity index (χ0n) is 12.6. The minimum Gasteiger partial charge on any atom is -0.381 e. The summed E-state index contributed by atoms with van der Waals surface area (Å²) in [4.78, 5) is 0. The third-order valence-electron chi connectivity index (χ3n) is 4.87. The fraction of sp³-hybridized carbons (Fsp3) is 0.647. The van der Waals surface area contributed by atoms with Crippen molar-refractivity contribution in [3.05, 3.63) is 27.2 Å². The Labute approximate surface area is 140 Å². The summed E-state index contributed by atoms with van der Waals surface area (Å²) < 4.78 is 7.46. The first kappa shape index (κ1) is 15.6. The molecule has 1 N–H and O–H groups in total. The normalized spacial score (nSPS) is 24.4. The first-order valence-electron chi connectivity index (χ1n) is 7.95. The van der Waals surface area contributed by atoms with Crippen LogP contribution in [0.3, 0.4) is 0 Å². The van der Waals surface area contributed by atoms with Gasteiger partial charge in [-0.1, -0.05) is 30.9 Å². The van der Waals surface area contributed by atoms with Gasteiger partial charge in [0, 0.05) is 16.0 Å². The Balaban J connectivity index is 1.58. The molecule has 1 heterocycles. The van der Waals surface area contributed by atoms with E-state index in [2.05, 4.69) is 27.3 Å². The molecule has 2 fully saturated rings. The molecular formula is C17H23BrClNO. The molecule has 1 aliphatic carbocycles. The quantitative estimate of drug-likeness (QED) is 0.734. The molecule has 1 spiro atoms. The van der Waals surface area contributed by atoms with Gasteiger partial charge in [0.15, 0.2) is 0 Å². The van der Waals surface area contributed by atoms with Crippen molar-refractivity contribution in [3.63, 3.8) is 0 Å². The maximum absolute atomic E-state index is 6.39. The maximum Gasteiger partial charge on any atom is 0.0756 e. The van der Waals surface area contributed by atoms with Gasteiger partial charge in [-0.3, -0.25) is 0 Å². The highest BCUT2D eigenvalue weighted by atomic mass is 79.9. The summed E-state index contributed by atoms with van der Waals surface area (Å²) in [5.41, 5.74) is 2.35. The summed E-state index contributed by atoms with van der Waals surface area (Å²) in [6, 6.07) is 4.05. The third-order valence-corrected chi connectivity index (χ3v) is 5.94. The summed E-state index contributed by atoms with van der Waals surface area (Å²) in [6.45, 7) is 2.88. The van der Waals surface area contributed by atoms with Gasteiger partial charge in [0.1, 0.15) is 0 Å². The predicted octanol–water partition coefficient (Wildman–Crippen LogP) is 5.70. The maximum atomic E-state index is 6.39. The topological polar surface area (TPSA) is 21.3 Å². The fourth-order valence-corrected chi connectivity index (χ4v) is 4.37. The zero-order valence-corrected chi connectivity index (χ0v) is 14.9. The number of ether oxygens (including phenoxy) is 1. The standard InChI is InChI=1S/C17H23BrClNO/c1-12-9-14(18)16(10-15(12)19)20-11-13-5-8-17(21-13)6-3-2-4-7-17/h9-10,13,20H,2-8,11H2,1H3. The molecule has 1 aromatic rings. The molecule has 0 aromatic heterocycles. The number of anilines is 1. The van der Waals surface area contributed by atoms with E-state index in [4.69, 9.17) is 16.3 Å². The Hall–Kier alpha value is -0.250. The van der Waals surface area contributed by atoms with Crippen LogP contribution in [0.15, 0.2) is 16.6 Å². The highest BCUT2D eigenvalue weighted by molar-refractivity contribution is 9.10. The molecule has 2 nitrogen and oxygen atoms in total. The van der Waals surface area contributed by atoms with Crippen molar-refractivity contribution in [2.24, 2.45) is 0 Å². The van der Waals surface area contributed by atoms with Crippen LogP contribution in [-0.4, -0.2) is 18.2 Å². The van der Waals surface area contributed by atoms with Crippen molar-refractivity contribution in [2.45, 2.75) is 63.6 Å². The second kappa shape index (κ2) is 6.47. The van der Waals surface area contributed by atoms with Crippen LogP contribution in [0.1, 0.15) is 50.5 Å². The number of halogens is 2. The summed E-state index contributed by atoms with van der Waals surface area (Å²) in [5, 5.41) is 4.29. The van der Waals surface area contributed by atoms with Gasteiger partial charge >= 0.3 is 0 Å². The number of rotatable bonds is 3. The SMILES string of the molecule is Cc1cc(Br)c(NCC2CCC3(CCCCC3)O2)cc1Cl. The lowest BCUT2D eigenvalue weighted by atomic mass is 9.83. The second-order valence-electron chi connectivity index (χ2n) is 6.48. The van der Waals surface area contributed by atoms with Crippen molar-refractivity contribution in [3.8, 4) is 0 Å². The number of hydrogen-bond acceptors (Lipinski definition) is 2. The Morgan fingerprint density at radius 3 is 2.81 bits per heavy atom. The van der Waals surface area contributed by atoms with Gasteiger partial charge in [0.25, 0.3) is 0 Å². The van der Waals surface area contributed by atoms with Gasteiger partial charge in [-0.25, -0.2) is 0 Å². The van der Waals surface area contributed by atoms with Gasteiger partial charge in [-0.15, -0.1) is 0 Å². The Bertz CT molecular complexity index is 514. The fourth-order valence-electron chi connectivity index (χ4n) is 3.61. The highest BCUT2D eigenvalue weighted by Crippen LogP contribution is 2.42. The lowest BCUT2D eigenvalue weighted by Gasteiger charge is -2.33. The summed E-state index contributed by atoms with van der Waals surface area (Å²) >= 11 is 9.80. The average molecular weight is 373 g/mol. The van der Waals surface area contributed by atoms with Crippen LogP contribution in [0.5, 0.6) is 0 Å². The lowest BCUT2D eigenvalue weighted by molar-refractivity contribution is -0.0588. The number of nitrogens with one attached hydrogen (secondary N) is 1. The van der Waals surface area contributed by atoms with Crippen LogP contribution >= 0.6 is 27.5 Å². The molecule has 0 bridgehead atoms. The van der Waals surface area contributed by atoms with Gasteiger partial charge in [0.2, 0.25) is 0 Å². The summed E-state index contributed by atoms with van der Waals surface area (Å²) in [5.74, 6) is 0. The number of aryl methyl sites for hydroxylation is 1. The monoisotopic (exact) mass is 371 g/mol. The van der Waals surface area contributed by atoms with Crippen molar-refractivity contribution < 1.29 is 4.74 Å². The van der Waals surface area contributed by atoms with Crippen molar-refractivity contribution in [1.29, 1.82) is 0 Å². The molecule has 1 aliphatic heterocycles. The van der Waals surface area contributed by atoms with E-state index in [1.54, 1.807) is 0 Å². The van der Waals surface area contributed by atoms with E-state index in [1.165, 1.54) is 44.9 Å². The van der Waals surface area contributed by atoms with Crippen molar-refractivity contribution in [1.82, 2.24) is 0 Å². The lowest BCUT2D eigenvalue weighted by Crippen LogP contribution is -2.33. The molecule has 1 saturated heterocycles. The third kappa shape index (κ3) is 3.57. The second-order valence-corrected chi connectivity index (χ2v) is 7.75. The molecule has 116 valence electrons. The molecule has 4 heteroatoms. The van der Waals surface area contributed by atoms with Crippen LogP contribution in [0.2, 0.25) is 5.02 Å². The van der Waals surface area contributed by atoms with E-state index in [0.717, 1.165) is 27.3 Å². The molecule has 0 radical (unpaired) electrons. The van der Waals surface area contributed by atoms with Gasteiger partial charge in [-0.2, -0.15) is 0 Å². The predicted molar refractivity (Wildman–Crippen MR) is 92.3 cm³/mol. The molecular weight excluding hydrogens is 350 g/mol. The summed E-state index contributed by atoms with van der Waals surface area (Å²) in [7, 11) is 0. The first-order valence-corrected chi connectivity index (χ1v) is 9.12. The Morgan fingerprint density at radius 1 is 1.29 bits per heavy atom. The van der Waals surface area contributed by atoms with E-state index in [9.17, 15) is 0 Å². The first-order chi connectivity index (χ1) is 10.1. The van der Waals surface area contributed by atoms with Gasteiger partial charge in [-0.05, 0) is 66.2 Å². The van der Waals surface area contributed by atoms with Gasteiger partial charge in [0.05, 0.1) is 17.4 Å². The smallest absolute Gasteiger partial charge is 0.0756 e. The minimum atomic E-state index is 0.201. The van der Waals surface area contributed by atoms with Crippen LogP contribution in [0.4, 0.5) is 5.69 Å². The molecule has 0 amide bonds. The van der Waals surface area contributed by atoms with E-state index in [1.807, 2.05) is 13.0 Å². The molecule has 1 atom stereocenters. The highest BCUT2D eigenvalue weighted by Gasteiger charge is 2.40. The molecule has 2 aliphatic rings. The molecule has 21 heavy (non-hydrogen) atoms. The Morgan fingerprint density at radius 2 is 2.05 bits per heavy atom. The minimum absolute atomic E-state index is 0.201. The molecule has 1 unspecified atom stereocenters. The van der Waals surface area contributed by atoms with Crippen LogP contribution in [0.25, 0.3) is 0 Å². The largest absolute Gasteiger partial charge is 0.381 e. The van der Waals surface area contributed by atoms with Crippen molar-refractivity contribution >= 4 is 33.2 Å². The van der Waals surface area contributed by atoms with E-state index in [-0.39, 0.29) is 5.60 Å². The Kier molecular flexibility index (Phi) is 4.82. The summed E-state index contributed by atoms with van der Waals surface area (Å²) in [6.07, 6.45) is 9.28. The van der Waals surface area contributed by atoms with Crippen LogP contribution in [0, 0.1) is 6.92 Å². The molecule has 1 aromatic carbocycles. The zero-order chi connectivity index (χ0) is 14.9. The van der Waals surface area contributed by atoms with Crippen LogP contribution < -0.4 is 5.32 Å².